The first-order chi connectivity index (χ1) is 7.15. The van der Waals surface area contributed by atoms with Crippen LogP contribution in [-0.2, 0) is 0 Å². The van der Waals surface area contributed by atoms with E-state index >= 15 is 0 Å². The average Bonchev–Trinajstić information content (AvgIpc) is 2.84. The van der Waals surface area contributed by atoms with E-state index in [1.165, 1.54) is 38.9 Å². The van der Waals surface area contributed by atoms with Gasteiger partial charge in [-0.25, -0.2) is 0 Å². The van der Waals surface area contributed by atoms with E-state index in [-0.39, 0.29) is 0 Å². The summed E-state index contributed by atoms with van der Waals surface area (Å²) in [5.41, 5.74) is 0. The molecule has 0 radical (unpaired) electrons. The number of hydrogen-bond acceptors (Lipinski definition) is 2. The second kappa shape index (κ2) is 4.84. The van der Waals surface area contributed by atoms with Gasteiger partial charge in [0.05, 0.1) is 0 Å². The summed E-state index contributed by atoms with van der Waals surface area (Å²) in [5.74, 6) is 1.76. The highest BCUT2D eigenvalue weighted by Crippen LogP contribution is 2.30. The molecule has 1 saturated heterocycles. The van der Waals surface area contributed by atoms with E-state index < -0.39 is 0 Å². The van der Waals surface area contributed by atoms with Crippen molar-refractivity contribution >= 4 is 0 Å². The highest BCUT2D eigenvalue weighted by molar-refractivity contribution is 4.93. The monoisotopic (exact) mass is 210 g/mol. The van der Waals surface area contributed by atoms with Gasteiger partial charge < -0.3 is 10.2 Å². The molecule has 0 amide bonds. The maximum Gasteiger partial charge on any atom is 0.00989 e. The number of nitrogens with one attached hydrogen (secondary N) is 1. The minimum Gasteiger partial charge on any atom is -0.311 e. The molecule has 0 bridgehead atoms. The van der Waals surface area contributed by atoms with Gasteiger partial charge >= 0.3 is 0 Å². The van der Waals surface area contributed by atoms with Gasteiger partial charge in [-0.2, -0.15) is 0 Å². The van der Waals surface area contributed by atoms with Crippen molar-refractivity contribution in [3.8, 4) is 0 Å². The van der Waals surface area contributed by atoms with Gasteiger partial charge in [0.1, 0.15) is 0 Å². The van der Waals surface area contributed by atoms with Crippen LogP contribution in [0.1, 0.15) is 40.0 Å². The Balaban J connectivity index is 1.63. The Hall–Kier alpha value is -0.0800. The molecule has 2 aliphatic rings. The third kappa shape index (κ3) is 3.46. The Morgan fingerprint density at radius 2 is 1.87 bits per heavy atom. The smallest absolute Gasteiger partial charge is 0.00989 e. The third-order valence-electron chi connectivity index (χ3n) is 3.77. The summed E-state index contributed by atoms with van der Waals surface area (Å²) in [5, 5.41) is 3.79. The van der Waals surface area contributed by atoms with Crippen LogP contribution in [0.5, 0.6) is 0 Å². The Morgan fingerprint density at radius 1 is 1.27 bits per heavy atom. The first-order valence-corrected chi connectivity index (χ1v) is 6.63. The molecule has 0 aromatic rings. The first-order valence-electron chi connectivity index (χ1n) is 6.63. The minimum atomic E-state index is 0.809. The molecule has 2 nitrogen and oxygen atoms in total. The van der Waals surface area contributed by atoms with E-state index in [2.05, 4.69) is 31.0 Å². The van der Waals surface area contributed by atoms with E-state index in [1.807, 2.05) is 0 Å². The summed E-state index contributed by atoms with van der Waals surface area (Å²) in [6.07, 6.45) is 4.12. The molecule has 1 saturated carbocycles. The molecule has 2 fully saturated rings. The number of hydrogen-bond donors (Lipinski definition) is 1. The number of nitrogens with zero attached hydrogens (tertiary/aromatic N) is 1. The first kappa shape index (κ1) is 11.4. The second-order valence-corrected chi connectivity index (χ2v) is 5.95. The normalized spacial score (nSPS) is 33.6. The predicted molar refractivity (Wildman–Crippen MR) is 65.0 cm³/mol. The fourth-order valence-corrected chi connectivity index (χ4v) is 2.66. The van der Waals surface area contributed by atoms with Crippen LogP contribution in [-0.4, -0.2) is 36.6 Å². The molecule has 2 unspecified atom stereocenters. The fourth-order valence-electron chi connectivity index (χ4n) is 2.66. The molecule has 1 N–H and O–H groups in total. The van der Waals surface area contributed by atoms with Gasteiger partial charge in [-0.15, -0.1) is 0 Å². The largest absolute Gasteiger partial charge is 0.311 e. The predicted octanol–water partition coefficient (Wildman–Crippen LogP) is 2.10. The van der Waals surface area contributed by atoms with E-state index in [4.69, 9.17) is 0 Å². The lowest BCUT2D eigenvalue weighted by Crippen LogP contribution is -2.44. The average molecular weight is 210 g/mol. The third-order valence-corrected chi connectivity index (χ3v) is 3.77. The number of rotatable bonds is 4. The molecule has 15 heavy (non-hydrogen) atoms. The summed E-state index contributed by atoms with van der Waals surface area (Å²) in [7, 11) is 0. The Labute approximate surface area is 94.4 Å². The van der Waals surface area contributed by atoms with Gasteiger partial charge in [-0.05, 0) is 44.2 Å². The standard InChI is InChI=1S/C13H26N2/c1-10(2)9-15-6-4-12(5-7-15)14-13-8-11(13)3/h10-14H,4-9H2,1-3H3. The van der Waals surface area contributed by atoms with Gasteiger partial charge in [-0.1, -0.05) is 20.8 Å². The van der Waals surface area contributed by atoms with E-state index in [9.17, 15) is 0 Å². The van der Waals surface area contributed by atoms with Crippen molar-refractivity contribution in [1.82, 2.24) is 10.2 Å². The SMILES string of the molecule is CC(C)CN1CCC(NC2CC2C)CC1. The van der Waals surface area contributed by atoms with E-state index in [1.54, 1.807) is 0 Å². The zero-order chi connectivity index (χ0) is 10.8. The Kier molecular flexibility index (Phi) is 3.68. The Bertz CT molecular complexity index is 195. The zero-order valence-electron chi connectivity index (χ0n) is 10.5. The summed E-state index contributed by atoms with van der Waals surface area (Å²) >= 11 is 0. The van der Waals surface area contributed by atoms with Crippen molar-refractivity contribution in [2.75, 3.05) is 19.6 Å². The highest BCUT2D eigenvalue weighted by Gasteiger charge is 2.34. The van der Waals surface area contributed by atoms with Crippen LogP contribution in [0.4, 0.5) is 0 Å². The summed E-state index contributed by atoms with van der Waals surface area (Å²) in [6.45, 7) is 10.9. The summed E-state index contributed by atoms with van der Waals surface area (Å²) < 4.78 is 0. The molecule has 1 aliphatic carbocycles. The lowest BCUT2D eigenvalue weighted by atomic mass is 10.0. The molecular weight excluding hydrogens is 184 g/mol. The van der Waals surface area contributed by atoms with Gasteiger partial charge in [0.2, 0.25) is 0 Å². The maximum atomic E-state index is 3.79. The molecule has 0 aromatic carbocycles. The van der Waals surface area contributed by atoms with Crippen LogP contribution in [0.15, 0.2) is 0 Å². The van der Waals surface area contributed by atoms with Crippen LogP contribution >= 0.6 is 0 Å². The van der Waals surface area contributed by atoms with Gasteiger partial charge in [-0.3, -0.25) is 0 Å². The lowest BCUT2D eigenvalue weighted by molar-refractivity contribution is 0.179. The molecule has 0 aromatic heterocycles. The molecule has 2 atom stereocenters. The molecule has 88 valence electrons. The summed E-state index contributed by atoms with van der Waals surface area (Å²) in [6, 6.07) is 1.66. The van der Waals surface area contributed by atoms with Crippen molar-refractivity contribution in [2.24, 2.45) is 11.8 Å². The minimum absolute atomic E-state index is 0.809. The molecule has 1 heterocycles. The van der Waals surface area contributed by atoms with Gasteiger partial charge in [0.15, 0.2) is 0 Å². The molecule has 2 heteroatoms. The van der Waals surface area contributed by atoms with Gasteiger partial charge in [0.25, 0.3) is 0 Å². The van der Waals surface area contributed by atoms with Crippen molar-refractivity contribution in [3.05, 3.63) is 0 Å². The van der Waals surface area contributed by atoms with Crippen molar-refractivity contribution in [3.63, 3.8) is 0 Å². The summed E-state index contributed by atoms with van der Waals surface area (Å²) in [4.78, 5) is 2.62. The van der Waals surface area contributed by atoms with E-state index in [0.29, 0.717) is 0 Å². The van der Waals surface area contributed by atoms with Crippen LogP contribution in [0.3, 0.4) is 0 Å². The van der Waals surface area contributed by atoms with Crippen molar-refractivity contribution in [2.45, 2.75) is 52.1 Å². The maximum absolute atomic E-state index is 3.79. The van der Waals surface area contributed by atoms with Crippen LogP contribution in [0, 0.1) is 11.8 Å². The lowest BCUT2D eigenvalue weighted by Gasteiger charge is -2.33. The number of likely N-dealkylation sites (tertiary alicyclic amines) is 1. The van der Waals surface area contributed by atoms with Crippen LogP contribution < -0.4 is 5.32 Å². The molecule has 1 aliphatic heterocycles. The van der Waals surface area contributed by atoms with E-state index in [0.717, 1.165) is 23.9 Å². The van der Waals surface area contributed by atoms with Crippen LogP contribution in [0.25, 0.3) is 0 Å². The van der Waals surface area contributed by atoms with Crippen LogP contribution in [0.2, 0.25) is 0 Å². The van der Waals surface area contributed by atoms with Crippen molar-refractivity contribution in [1.29, 1.82) is 0 Å². The topological polar surface area (TPSA) is 15.3 Å². The Morgan fingerprint density at radius 3 is 2.33 bits per heavy atom. The molecular formula is C13H26N2. The highest BCUT2D eigenvalue weighted by atomic mass is 15.1. The number of piperidine rings is 1. The fraction of sp³-hybridized carbons (Fsp3) is 1.00. The quantitative estimate of drug-likeness (QED) is 0.764. The second-order valence-electron chi connectivity index (χ2n) is 5.95. The van der Waals surface area contributed by atoms with Crippen molar-refractivity contribution < 1.29 is 0 Å². The molecule has 2 rings (SSSR count). The van der Waals surface area contributed by atoms with Gasteiger partial charge in [0, 0.05) is 18.6 Å². The zero-order valence-corrected chi connectivity index (χ0v) is 10.5. The molecule has 0 spiro atoms.